The van der Waals surface area contributed by atoms with E-state index in [0.717, 1.165) is 0 Å². The topological polar surface area (TPSA) is 73.0 Å². The van der Waals surface area contributed by atoms with E-state index in [1.807, 2.05) is 24.5 Å². The predicted molar refractivity (Wildman–Crippen MR) is 112 cm³/mol. The summed E-state index contributed by atoms with van der Waals surface area (Å²) in [6.07, 6.45) is 0. The van der Waals surface area contributed by atoms with Gasteiger partial charge in [-0.25, -0.2) is 0 Å². The van der Waals surface area contributed by atoms with Crippen molar-refractivity contribution in [1.82, 2.24) is 14.8 Å². The molecule has 0 unspecified atom stereocenters. The number of hydrogen-bond acceptors (Lipinski definition) is 5. The molecule has 0 aliphatic heterocycles. The van der Waals surface area contributed by atoms with Crippen LogP contribution in [0, 0.1) is 0 Å². The molecule has 0 aliphatic carbocycles. The molecule has 142 valence electrons. The minimum absolute atomic E-state index is 0.0896. The highest BCUT2D eigenvalue weighted by Crippen LogP contribution is 2.30. The summed E-state index contributed by atoms with van der Waals surface area (Å²) in [6.45, 7) is 4.03. The highest BCUT2D eigenvalue weighted by atomic mass is 79.9. The van der Waals surface area contributed by atoms with E-state index in [1.165, 1.54) is 11.8 Å². The number of carbonyl (C=O) groups is 1. The van der Waals surface area contributed by atoms with Crippen molar-refractivity contribution in [2.45, 2.75) is 25.0 Å². The molecule has 0 saturated heterocycles. The van der Waals surface area contributed by atoms with E-state index < -0.39 is 0 Å². The summed E-state index contributed by atoms with van der Waals surface area (Å²) in [5.74, 6) is 1.14. The zero-order chi connectivity index (χ0) is 19.6. The summed E-state index contributed by atoms with van der Waals surface area (Å²) < 4.78 is 8.12. The van der Waals surface area contributed by atoms with Gasteiger partial charge in [0.15, 0.2) is 15.6 Å². The minimum Gasteiger partial charge on any atom is -0.446 e. The predicted octanol–water partition coefficient (Wildman–Crippen LogP) is 5.92. The Morgan fingerprint density at radius 2 is 2.07 bits per heavy atom. The molecule has 2 aromatic heterocycles. The molecule has 0 aliphatic rings. The van der Waals surface area contributed by atoms with Gasteiger partial charge in [-0.1, -0.05) is 35.0 Å². The molecule has 10 heteroatoms. The Morgan fingerprint density at radius 1 is 1.30 bits per heavy atom. The van der Waals surface area contributed by atoms with Crippen molar-refractivity contribution in [3.8, 4) is 11.6 Å². The first-order valence-electron chi connectivity index (χ1n) is 7.93. The molecule has 0 atom stereocenters. The molecule has 1 aromatic carbocycles. The normalized spacial score (nSPS) is 11.2. The summed E-state index contributed by atoms with van der Waals surface area (Å²) >= 11 is 16.6. The number of nitrogens with one attached hydrogen (secondary N) is 1. The molecule has 27 heavy (non-hydrogen) atoms. The van der Waals surface area contributed by atoms with E-state index in [0.29, 0.717) is 37.1 Å². The zero-order valence-electron chi connectivity index (χ0n) is 14.4. The summed E-state index contributed by atoms with van der Waals surface area (Å²) in [6, 6.07) is 8.60. The third kappa shape index (κ3) is 4.87. The fourth-order valence-electron chi connectivity index (χ4n) is 2.35. The molecule has 1 N–H and O–H groups in total. The molecule has 3 aromatic rings. The maximum absolute atomic E-state index is 12.3. The van der Waals surface area contributed by atoms with Gasteiger partial charge in [-0.05, 0) is 60.1 Å². The van der Waals surface area contributed by atoms with E-state index in [1.54, 1.807) is 24.3 Å². The molecule has 6 nitrogen and oxygen atoms in total. The number of benzene rings is 1. The van der Waals surface area contributed by atoms with Crippen LogP contribution in [0.1, 0.15) is 19.9 Å². The van der Waals surface area contributed by atoms with E-state index in [9.17, 15) is 4.79 Å². The average Bonchev–Trinajstić information content (AvgIpc) is 3.22. The number of furan rings is 1. The highest BCUT2D eigenvalue weighted by Gasteiger charge is 2.20. The van der Waals surface area contributed by atoms with Crippen LogP contribution in [0.5, 0.6) is 0 Å². The van der Waals surface area contributed by atoms with Crippen LogP contribution < -0.4 is 5.32 Å². The Balaban J connectivity index is 1.73. The SMILES string of the molecule is CC(C)n1c(SCC(=O)Nc2cc(Cl)ccc2Cl)nnc1-c1ccc(Br)o1. The Morgan fingerprint density at radius 3 is 2.74 bits per heavy atom. The van der Waals surface area contributed by atoms with Crippen LogP contribution in [0.2, 0.25) is 10.0 Å². The number of rotatable bonds is 6. The Hall–Kier alpha value is -1.48. The van der Waals surface area contributed by atoms with Crippen molar-refractivity contribution in [2.24, 2.45) is 0 Å². The largest absolute Gasteiger partial charge is 0.446 e. The maximum Gasteiger partial charge on any atom is 0.234 e. The second-order valence-electron chi connectivity index (χ2n) is 5.83. The van der Waals surface area contributed by atoms with Crippen molar-refractivity contribution in [1.29, 1.82) is 0 Å². The highest BCUT2D eigenvalue weighted by molar-refractivity contribution is 9.10. The van der Waals surface area contributed by atoms with Gasteiger partial charge in [0, 0.05) is 11.1 Å². The van der Waals surface area contributed by atoms with Crippen molar-refractivity contribution in [2.75, 3.05) is 11.1 Å². The number of amides is 1. The van der Waals surface area contributed by atoms with E-state index >= 15 is 0 Å². The second-order valence-corrected chi connectivity index (χ2v) is 8.40. The first kappa shape index (κ1) is 20.3. The van der Waals surface area contributed by atoms with Crippen LogP contribution in [-0.4, -0.2) is 26.4 Å². The molecule has 0 bridgehead atoms. The lowest BCUT2D eigenvalue weighted by Gasteiger charge is -2.12. The van der Waals surface area contributed by atoms with Gasteiger partial charge >= 0.3 is 0 Å². The molecule has 0 radical (unpaired) electrons. The lowest BCUT2D eigenvalue weighted by Crippen LogP contribution is -2.15. The van der Waals surface area contributed by atoms with Gasteiger partial charge in [0.2, 0.25) is 11.7 Å². The average molecular weight is 490 g/mol. The summed E-state index contributed by atoms with van der Waals surface area (Å²) in [5, 5.41) is 12.7. The van der Waals surface area contributed by atoms with E-state index in [4.69, 9.17) is 27.6 Å². The number of anilines is 1. The number of halogens is 3. The van der Waals surface area contributed by atoms with Gasteiger partial charge in [-0.3, -0.25) is 9.36 Å². The first-order chi connectivity index (χ1) is 12.8. The molecule has 3 rings (SSSR count). The van der Waals surface area contributed by atoms with Gasteiger partial charge in [0.25, 0.3) is 0 Å². The zero-order valence-corrected chi connectivity index (χ0v) is 18.3. The fourth-order valence-corrected chi connectivity index (χ4v) is 3.86. The molecular formula is C17H15BrCl2N4O2S. The number of thioether (sulfide) groups is 1. The van der Waals surface area contributed by atoms with Crippen LogP contribution in [0.15, 0.2) is 44.6 Å². The van der Waals surface area contributed by atoms with Crippen LogP contribution in [0.25, 0.3) is 11.6 Å². The Kier molecular flexibility index (Phi) is 6.52. The number of hydrogen-bond donors (Lipinski definition) is 1. The van der Waals surface area contributed by atoms with E-state index in [2.05, 4.69) is 31.4 Å². The second kappa shape index (κ2) is 8.68. The van der Waals surface area contributed by atoms with Gasteiger partial charge in [0.05, 0.1) is 16.5 Å². The molecule has 0 saturated carbocycles. The molecule has 1 amide bonds. The van der Waals surface area contributed by atoms with Crippen LogP contribution in [-0.2, 0) is 4.79 Å². The summed E-state index contributed by atoms with van der Waals surface area (Å²) in [7, 11) is 0. The van der Waals surface area contributed by atoms with Crippen molar-refractivity contribution >= 4 is 62.5 Å². The maximum atomic E-state index is 12.3. The van der Waals surface area contributed by atoms with Gasteiger partial charge in [0.1, 0.15) is 0 Å². The van der Waals surface area contributed by atoms with Crippen molar-refractivity contribution in [3.63, 3.8) is 0 Å². The van der Waals surface area contributed by atoms with Gasteiger partial charge in [-0.15, -0.1) is 10.2 Å². The number of aromatic nitrogens is 3. The van der Waals surface area contributed by atoms with Crippen molar-refractivity contribution in [3.05, 3.63) is 45.0 Å². The Bertz CT molecular complexity index is 974. The van der Waals surface area contributed by atoms with Gasteiger partial charge in [-0.2, -0.15) is 0 Å². The van der Waals surface area contributed by atoms with Crippen LogP contribution in [0.3, 0.4) is 0 Å². The fraction of sp³-hybridized carbons (Fsp3) is 0.235. The quantitative estimate of drug-likeness (QED) is 0.435. The van der Waals surface area contributed by atoms with E-state index in [-0.39, 0.29) is 17.7 Å². The lowest BCUT2D eigenvalue weighted by molar-refractivity contribution is -0.113. The third-order valence-electron chi connectivity index (χ3n) is 3.51. The molecule has 0 fully saturated rings. The smallest absolute Gasteiger partial charge is 0.234 e. The van der Waals surface area contributed by atoms with Crippen LogP contribution >= 0.6 is 50.9 Å². The van der Waals surface area contributed by atoms with Crippen LogP contribution in [0.4, 0.5) is 5.69 Å². The summed E-state index contributed by atoms with van der Waals surface area (Å²) in [5.41, 5.74) is 0.473. The number of nitrogens with zero attached hydrogens (tertiary/aromatic N) is 3. The lowest BCUT2D eigenvalue weighted by atomic mass is 10.3. The summed E-state index contributed by atoms with van der Waals surface area (Å²) in [4.78, 5) is 12.3. The molecule has 0 spiro atoms. The number of carbonyl (C=O) groups excluding carboxylic acids is 1. The molecule has 2 heterocycles. The molecular weight excluding hydrogens is 475 g/mol. The standard InChI is InChI=1S/C17H15BrCl2N4O2S/c1-9(2)24-16(13-5-6-14(18)26-13)22-23-17(24)27-8-15(25)21-12-7-10(19)3-4-11(12)20/h3-7,9H,8H2,1-2H3,(H,21,25). The minimum atomic E-state index is -0.218. The third-order valence-corrected chi connectivity index (χ3v) is 5.44. The van der Waals surface area contributed by atoms with Gasteiger partial charge < -0.3 is 9.73 Å². The Labute approximate surface area is 178 Å². The van der Waals surface area contributed by atoms with Crippen molar-refractivity contribution < 1.29 is 9.21 Å². The first-order valence-corrected chi connectivity index (χ1v) is 10.5. The monoisotopic (exact) mass is 488 g/mol.